The van der Waals surface area contributed by atoms with E-state index in [4.69, 9.17) is 0 Å². The molecule has 0 N–H and O–H groups in total. The van der Waals surface area contributed by atoms with Gasteiger partial charge in [0.25, 0.3) is 0 Å². The first-order chi connectivity index (χ1) is 8.75. The average molecular weight is 241 g/mol. The van der Waals surface area contributed by atoms with Crippen molar-refractivity contribution in [1.82, 2.24) is 14.5 Å². The Labute approximate surface area is 106 Å². The van der Waals surface area contributed by atoms with Crippen LogP contribution in [0, 0.1) is 0 Å². The second-order valence-electron chi connectivity index (χ2n) is 4.67. The molecule has 2 aromatic heterocycles. The van der Waals surface area contributed by atoms with Crippen LogP contribution in [-0.4, -0.2) is 20.3 Å². The summed E-state index contributed by atoms with van der Waals surface area (Å²) in [5, 5.41) is 0. The molecular formula is C14H15N3O. The molecule has 0 saturated carbocycles. The van der Waals surface area contributed by atoms with Crippen molar-refractivity contribution in [1.29, 1.82) is 0 Å². The Bertz CT molecular complexity index is 601. The molecule has 0 radical (unpaired) electrons. The molecule has 1 aliphatic carbocycles. The van der Waals surface area contributed by atoms with Gasteiger partial charge in [-0.2, -0.15) is 0 Å². The van der Waals surface area contributed by atoms with Crippen LogP contribution in [0.3, 0.4) is 0 Å². The van der Waals surface area contributed by atoms with Crippen LogP contribution in [0.2, 0.25) is 0 Å². The molecule has 0 amide bonds. The van der Waals surface area contributed by atoms with Crippen LogP contribution >= 0.6 is 0 Å². The number of carbonyl (C=O) groups is 1. The third kappa shape index (κ3) is 1.83. The molecule has 1 aliphatic rings. The van der Waals surface area contributed by atoms with Crippen molar-refractivity contribution in [2.75, 3.05) is 0 Å². The molecule has 4 nitrogen and oxygen atoms in total. The number of hydrogen-bond donors (Lipinski definition) is 0. The van der Waals surface area contributed by atoms with Crippen LogP contribution in [0.1, 0.15) is 41.5 Å². The van der Waals surface area contributed by atoms with Crippen molar-refractivity contribution in [2.45, 2.75) is 32.6 Å². The van der Waals surface area contributed by atoms with Crippen molar-refractivity contribution in [3.63, 3.8) is 0 Å². The van der Waals surface area contributed by atoms with Gasteiger partial charge in [0.2, 0.25) is 0 Å². The monoisotopic (exact) mass is 241 g/mol. The van der Waals surface area contributed by atoms with Gasteiger partial charge in [-0.1, -0.05) is 0 Å². The zero-order chi connectivity index (χ0) is 12.5. The van der Waals surface area contributed by atoms with E-state index in [0.29, 0.717) is 5.56 Å². The lowest BCUT2D eigenvalue weighted by Crippen LogP contribution is -2.08. The molecule has 0 unspecified atom stereocenters. The number of Topliss-reactive ketones (excluding diaryl/α,β-unsaturated/α-hetero) is 1. The Morgan fingerprint density at radius 2 is 2.11 bits per heavy atom. The van der Waals surface area contributed by atoms with Crippen molar-refractivity contribution in [2.24, 2.45) is 0 Å². The third-order valence-electron chi connectivity index (χ3n) is 3.43. The maximum absolute atomic E-state index is 11.4. The third-order valence-corrected chi connectivity index (χ3v) is 3.43. The van der Waals surface area contributed by atoms with Crippen LogP contribution < -0.4 is 0 Å². The number of carbonyl (C=O) groups excluding carboxylic acids is 1. The molecular weight excluding hydrogens is 226 g/mol. The highest BCUT2D eigenvalue weighted by molar-refractivity contribution is 5.94. The van der Waals surface area contributed by atoms with E-state index in [0.717, 1.165) is 18.7 Å². The van der Waals surface area contributed by atoms with Gasteiger partial charge in [0, 0.05) is 17.5 Å². The Morgan fingerprint density at radius 3 is 2.94 bits per heavy atom. The van der Waals surface area contributed by atoms with Gasteiger partial charge in [0.15, 0.2) is 5.78 Å². The average Bonchev–Trinajstić information content (AvgIpc) is 2.82. The van der Waals surface area contributed by atoms with Gasteiger partial charge in [-0.15, -0.1) is 0 Å². The molecule has 2 heterocycles. The first kappa shape index (κ1) is 11.1. The van der Waals surface area contributed by atoms with Crippen LogP contribution in [0.5, 0.6) is 0 Å². The molecule has 0 aliphatic heterocycles. The topological polar surface area (TPSA) is 47.8 Å². The molecule has 2 aromatic rings. The van der Waals surface area contributed by atoms with Gasteiger partial charge in [-0.05, 0) is 44.7 Å². The highest BCUT2D eigenvalue weighted by Gasteiger charge is 2.16. The van der Waals surface area contributed by atoms with E-state index in [1.807, 2.05) is 17.0 Å². The highest BCUT2D eigenvalue weighted by Crippen LogP contribution is 2.22. The lowest BCUT2D eigenvalue weighted by molar-refractivity contribution is 0.101. The van der Waals surface area contributed by atoms with Gasteiger partial charge in [-0.25, -0.2) is 9.97 Å². The van der Waals surface area contributed by atoms with E-state index in [1.165, 1.54) is 24.2 Å². The second kappa shape index (κ2) is 4.37. The maximum atomic E-state index is 11.4. The molecule has 18 heavy (non-hydrogen) atoms. The van der Waals surface area contributed by atoms with E-state index in [2.05, 4.69) is 9.97 Å². The number of imidazole rings is 1. The molecule has 92 valence electrons. The summed E-state index contributed by atoms with van der Waals surface area (Å²) in [5.74, 6) is 0.853. The lowest BCUT2D eigenvalue weighted by Gasteiger charge is -2.13. The Morgan fingerprint density at radius 1 is 1.28 bits per heavy atom. The first-order valence-electron chi connectivity index (χ1n) is 6.28. The molecule has 0 bridgehead atoms. The lowest BCUT2D eigenvalue weighted by atomic mass is 10.0. The fourth-order valence-corrected chi connectivity index (χ4v) is 2.44. The van der Waals surface area contributed by atoms with E-state index in [-0.39, 0.29) is 5.78 Å². The summed E-state index contributed by atoms with van der Waals surface area (Å²) >= 11 is 0. The number of nitrogens with zero attached hydrogens (tertiary/aromatic N) is 3. The summed E-state index contributed by atoms with van der Waals surface area (Å²) in [6, 6.07) is 3.58. The van der Waals surface area contributed by atoms with Crippen LogP contribution in [0.25, 0.3) is 5.82 Å². The number of hydrogen-bond acceptors (Lipinski definition) is 3. The standard InChI is InChI=1S/C14H15N3O/c1-10(18)11-6-7-15-14(8-11)17-9-16-12-4-2-3-5-13(12)17/h6-9H,2-5H2,1H3. The normalized spacial score (nSPS) is 14.3. The fourth-order valence-electron chi connectivity index (χ4n) is 2.44. The number of rotatable bonds is 2. The maximum Gasteiger partial charge on any atom is 0.159 e. The minimum absolute atomic E-state index is 0.0626. The van der Waals surface area contributed by atoms with Crippen LogP contribution in [0.15, 0.2) is 24.7 Å². The number of aryl methyl sites for hydroxylation is 1. The van der Waals surface area contributed by atoms with Crippen LogP contribution in [-0.2, 0) is 12.8 Å². The summed E-state index contributed by atoms with van der Waals surface area (Å²) in [4.78, 5) is 20.2. The molecule has 4 heteroatoms. The molecule has 0 spiro atoms. The van der Waals surface area contributed by atoms with E-state index in [1.54, 1.807) is 19.2 Å². The number of fused-ring (bicyclic) bond motifs is 1. The predicted molar refractivity (Wildman–Crippen MR) is 68.0 cm³/mol. The summed E-state index contributed by atoms with van der Waals surface area (Å²) in [5.41, 5.74) is 3.11. The SMILES string of the molecule is CC(=O)c1ccnc(-n2cnc3c2CCCC3)c1. The summed E-state index contributed by atoms with van der Waals surface area (Å²) in [6.07, 6.45) is 8.01. The van der Waals surface area contributed by atoms with Crippen LogP contribution in [0.4, 0.5) is 0 Å². The minimum atomic E-state index is 0.0626. The fraction of sp³-hybridized carbons (Fsp3) is 0.357. The molecule has 0 saturated heterocycles. The Balaban J connectivity index is 2.07. The zero-order valence-corrected chi connectivity index (χ0v) is 10.4. The minimum Gasteiger partial charge on any atom is -0.295 e. The Kier molecular flexibility index (Phi) is 2.70. The van der Waals surface area contributed by atoms with Crippen molar-refractivity contribution in [3.8, 4) is 5.82 Å². The second-order valence-corrected chi connectivity index (χ2v) is 4.67. The number of aromatic nitrogens is 3. The molecule has 0 aromatic carbocycles. The molecule has 3 rings (SSSR count). The predicted octanol–water partition coefficient (Wildman–Crippen LogP) is 2.35. The number of ketones is 1. The van der Waals surface area contributed by atoms with E-state index in [9.17, 15) is 4.79 Å². The molecule has 0 fully saturated rings. The number of pyridine rings is 1. The molecule has 0 atom stereocenters. The summed E-state index contributed by atoms with van der Waals surface area (Å²) in [6.45, 7) is 1.57. The summed E-state index contributed by atoms with van der Waals surface area (Å²) in [7, 11) is 0. The van der Waals surface area contributed by atoms with Gasteiger partial charge in [0.05, 0.1) is 5.69 Å². The quantitative estimate of drug-likeness (QED) is 0.758. The van der Waals surface area contributed by atoms with Crippen molar-refractivity contribution < 1.29 is 4.79 Å². The zero-order valence-electron chi connectivity index (χ0n) is 10.4. The van der Waals surface area contributed by atoms with Crippen molar-refractivity contribution in [3.05, 3.63) is 41.6 Å². The first-order valence-corrected chi connectivity index (χ1v) is 6.28. The van der Waals surface area contributed by atoms with Crippen molar-refractivity contribution >= 4 is 5.78 Å². The van der Waals surface area contributed by atoms with Gasteiger partial charge in [-0.3, -0.25) is 9.36 Å². The van der Waals surface area contributed by atoms with Gasteiger partial charge < -0.3 is 0 Å². The smallest absolute Gasteiger partial charge is 0.159 e. The largest absolute Gasteiger partial charge is 0.295 e. The van der Waals surface area contributed by atoms with Gasteiger partial charge >= 0.3 is 0 Å². The van der Waals surface area contributed by atoms with E-state index < -0.39 is 0 Å². The summed E-state index contributed by atoms with van der Waals surface area (Å²) < 4.78 is 2.01. The van der Waals surface area contributed by atoms with Gasteiger partial charge in [0.1, 0.15) is 12.1 Å². The van der Waals surface area contributed by atoms with E-state index >= 15 is 0 Å². The Hall–Kier alpha value is -1.97. The highest BCUT2D eigenvalue weighted by atomic mass is 16.1.